The van der Waals surface area contributed by atoms with Crippen LogP contribution in [0.25, 0.3) is 32.6 Å². The van der Waals surface area contributed by atoms with Crippen molar-refractivity contribution in [2.24, 2.45) is 0 Å². The Hall–Kier alpha value is -4.03. The molecule has 0 fully saturated rings. The molecule has 2 heterocycles. The summed E-state index contributed by atoms with van der Waals surface area (Å²) in [5.41, 5.74) is 3.26. The Labute approximate surface area is 195 Å². The summed E-state index contributed by atoms with van der Waals surface area (Å²) in [7, 11) is 1.64. The SMILES string of the molecule is COc1ccc(-c2cnc(NC(=O)Cc3ccc4ccccc4c3)c(-c3cccs3)n2)cc1. The van der Waals surface area contributed by atoms with Crippen LogP contribution < -0.4 is 10.1 Å². The number of ether oxygens (including phenoxy) is 1. The van der Waals surface area contributed by atoms with Crippen molar-refractivity contribution < 1.29 is 9.53 Å². The van der Waals surface area contributed by atoms with Crippen molar-refractivity contribution in [1.29, 1.82) is 0 Å². The zero-order valence-electron chi connectivity index (χ0n) is 18.0. The third-order valence-corrected chi connectivity index (χ3v) is 6.23. The van der Waals surface area contributed by atoms with Gasteiger partial charge in [-0.2, -0.15) is 0 Å². The molecule has 0 aliphatic rings. The smallest absolute Gasteiger partial charge is 0.230 e. The van der Waals surface area contributed by atoms with Crippen LogP contribution in [0.3, 0.4) is 0 Å². The lowest BCUT2D eigenvalue weighted by atomic mass is 10.0. The van der Waals surface area contributed by atoms with E-state index in [9.17, 15) is 4.79 Å². The molecule has 0 unspecified atom stereocenters. The summed E-state index contributed by atoms with van der Waals surface area (Å²) in [5, 5.41) is 7.22. The Morgan fingerprint density at radius 3 is 2.55 bits per heavy atom. The van der Waals surface area contributed by atoms with Gasteiger partial charge < -0.3 is 10.1 Å². The molecule has 33 heavy (non-hydrogen) atoms. The number of hydrogen-bond acceptors (Lipinski definition) is 5. The van der Waals surface area contributed by atoms with E-state index in [1.165, 1.54) is 0 Å². The molecule has 162 valence electrons. The number of thiophene rings is 1. The molecular weight excluding hydrogens is 430 g/mol. The zero-order chi connectivity index (χ0) is 22.6. The third-order valence-electron chi connectivity index (χ3n) is 5.35. The first-order valence-corrected chi connectivity index (χ1v) is 11.4. The lowest BCUT2D eigenvalue weighted by Crippen LogP contribution is -2.16. The molecule has 0 radical (unpaired) electrons. The molecule has 3 aromatic carbocycles. The summed E-state index contributed by atoms with van der Waals surface area (Å²) in [6.45, 7) is 0. The van der Waals surface area contributed by atoms with Gasteiger partial charge in [0.1, 0.15) is 11.4 Å². The van der Waals surface area contributed by atoms with Crippen molar-refractivity contribution in [1.82, 2.24) is 9.97 Å². The molecule has 6 heteroatoms. The number of nitrogens with zero attached hydrogens (tertiary/aromatic N) is 2. The zero-order valence-corrected chi connectivity index (χ0v) is 18.8. The molecule has 0 aliphatic heterocycles. The molecule has 1 N–H and O–H groups in total. The largest absolute Gasteiger partial charge is 0.497 e. The highest BCUT2D eigenvalue weighted by Crippen LogP contribution is 2.31. The molecule has 0 spiro atoms. The van der Waals surface area contributed by atoms with Gasteiger partial charge in [-0.15, -0.1) is 11.3 Å². The number of rotatable bonds is 6. The third kappa shape index (κ3) is 4.61. The molecule has 0 aliphatic carbocycles. The lowest BCUT2D eigenvalue weighted by Gasteiger charge is -2.11. The van der Waals surface area contributed by atoms with Gasteiger partial charge in [0.15, 0.2) is 5.82 Å². The molecule has 5 aromatic rings. The first-order valence-electron chi connectivity index (χ1n) is 10.5. The highest BCUT2D eigenvalue weighted by molar-refractivity contribution is 7.13. The average Bonchev–Trinajstić information content (AvgIpc) is 3.39. The fourth-order valence-corrected chi connectivity index (χ4v) is 4.39. The molecule has 0 atom stereocenters. The summed E-state index contributed by atoms with van der Waals surface area (Å²) in [4.78, 5) is 23.2. The summed E-state index contributed by atoms with van der Waals surface area (Å²) in [5.74, 6) is 1.11. The molecule has 0 saturated carbocycles. The maximum absolute atomic E-state index is 12.9. The fourth-order valence-electron chi connectivity index (χ4n) is 3.68. The van der Waals surface area contributed by atoms with Gasteiger partial charge in [-0.05, 0) is 52.0 Å². The van der Waals surface area contributed by atoms with E-state index in [-0.39, 0.29) is 12.3 Å². The van der Waals surface area contributed by atoms with Gasteiger partial charge in [0.2, 0.25) is 5.91 Å². The number of benzene rings is 3. The van der Waals surface area contributed by atoms with E-state index in [0.29, 0.717) is 11.5 Å². The highest BCUT2D eigenvalue weighted by Gasteiger charge is 2.15. The van der Waals surface area contributed by atoms with E-state index in [0.717, 1.165) is 38.2 Å². The Morgan fingerprint density at radius 2 is 1.79 bits per heavy atom. The molecule has 0 saturated heterocycles. The number of amides is 1. The first kappa shape index (κ1) is 20.8. The Balaban J connectivity index is 1.42. The second kappa shape index (κ2) is 9.22. The topological polar surface area (TPSA) is 64.1 Å². The maximum atomic E-state index is 12.9. The van der Waals surface area contributed by atoms with Gasteiger partial charge in [0.25, 0.3) is 0 Å². The van der Waals surface area contributed by atoms with Crippen molar-refractivity contribution >= 4 is 33.8 Å². The number of fused-ring (bicyclic) bond motifs is 1. The molecule has 5 rings (SSSR count). The number of carbonyl (C=O) groups is 1. The van der Waals surface area contributed by atoms with Crippen LogP contribution in [0.4, 0.5) is 5.82 Å². The second-order valence-electron chi connectivity index (χ2n) is 7.56. The number of anilines is 1. The van der Waals surface area contributed by atoms with Crippen LogP contribution in [0.1, 0.15) is 5.56 Å². The van der Waals surface area contributed by atoms with Crippen LogP contribution in [-0.2, 0) is 11.2 Å². The predicted molar refractivity (Wildman–Crippen MR) is 134 cm³/mol. The standard InChI is InChI=1S/C27H21N3O2S/c1-32-22-12-10-20(11-13-22)23-17-28-27(26(29-23)24-7-4-14-33-24)30-25(31)16-18-8-9-19-5-2-3-6-21(19)15-18/h2-15,17H,16H2,1H3,(H,28,30,31). The van der Waals surface area contributed by atoms with E-state index < -0.39 is 0 Å². The van der Waals surface area contributed by atoms with Crippen molar-refractivity contribution in [3.8, 4) is 27.6 Å². The predicted octanol–water partition coefficient (Wildman–Crippen LogP) is 6.22. The fraction of sp³-hybridized carbons (Fsp3) is 0.0741. The van der Waals surface area contributed by atoms with Crippen molar-refractivity contribution in [2.75, 3.05) is 12.4 Å². The average molecular weight is 452 g/mol. The number of nitrogens with one attached hydrogen (secondary N) is 1. The summed E-state index contributed by atoms with van der Waals surface area (Å²) >= 11 is 1.56. The summed E-state index contributed by atoms with van der Waals surface area (Å²) in [6, 6.07) is 25.8. The van der Waals surface area contributed by atoms with Crippen molar-refractivity contribution in [3.05, 3.63) is 96.0 Å². The van der Waals surface area contributed by atoms with Gasteiger partial charge in [-0.1, -0.05) is 48.5 Å². The van der Waals surface area contributed by atoms with E-state index in [2.05, 4.69) is 22.4 Å². The molecule has 5 nitrogen and oxygen atoms in total. The van der Waals surface area contributed by atoms with Gasteiger partial charge in [-0.25, -0.2) is 9.97 Å². The minimum Gasteiger partial charge on any atom is -0.497 e. The minimum atomic E-state index is -0.130. The van der Waals surface area contributed by atoms with Crippen LogP contribution >= 0.6 is 11.3 Å². The minimum absolute atomic E-state index is 0.130. The number of carbonyl (C=O) groups excluding carboxylic acids is 1. The number of methoxy groups -OCH3 is 1. The quantitative estimate of drug-likeness (QED) is 0.333. The maximum Gasteiger partial charge on any atom is 0.230 e. The van der Waals surface area contributed by atoms with Crippen molar-refractivity contribution in [2.45, 2.75) is 6.42 Å². The van der Waals surface area contributed by atoms with E-state index in [1.54, 1.807) is 24.6 Å². The summed E-state index contributed by atoms with van der Waals surface area (Å²) in [6.07, 6.45) is 1.95. The van der Waals surface area contributed by atoms with Gasteiger partial charge in [-0.3, -0.25) is 4.79 Å². The van der Waals surface area contributed by atoms with Gasteiger partial charge in [0, 0.05) is 5.56 Å². The van der Waals surface area contributed by atoms with Crippen molar-refractivity contribution in [3.63, 3.8) is 0 Å². The van der Waals surface area contributed by atoms with Crippen LogP contribution in [0.5, 0.6) is 5.75 Å². The molecule has 1 amide bonds. The van der Waals surface area contributed by atoms with E-state index in [1.807, 2.05) is 72.1 Å². The second-order valence-corrected chi connectivity index (χ2v) is 8.51. The Kier molecular flexibility index (Phi) is 5.83. The Bertz CT molecular complexity index is 1410. The highest BCUT2D eigenvalue weighted by atomic mass is 32.1. The molecule has 2 aromatic heterocycles. The van der Waals surface area contributed by atoms with Crippen LogP contribution in [0.2, 0.25) is 0 Å². The van der Waals surface area contributed by atoms with Crippen LogP contribution in [-0.4, -0.2) is 23.0 Å². The number of aromatic nitrogens is 2. The van der Waals surface area contributed by atoms with E-state index >= 15 is 0 Å². The molecule has 0 bridgehead atoms. The lowest BCUT2D eigenvalue weighted by molar-refractivity contribution is -0.115. The van der Waals surface area contributed by atoms with Crippen LogP contribution in [0.15, 0.2) is 90.4 Å². The Morgan fingerprint density at radius 1 is 0.970 bits per heavy atom. The molecular formula is C27H21N3O2S. The number of hydrogen-bond donors (Lipinski definition) is 1. The normalized spacial score (nSPS) is 10.8. The monoisotopic (exact) mass is 451 g/mol. The van der Waals surface area contributed by atoms with Crippen LogP contribution in [0, 0.1) is 0 Å². The summed E-state index contributed by atoms with van der Waals surface area (Å²) < 4.78 is 5.24. The first-order chi connectivity index (χ1) is 16.2. The van der Waals surface area contributed by atoms with Gasteiger partial charge >= 0.3 is 0 Å². The van der Waals surface area contributed by atoms with Gasteiger partial charge in [0.05, 0.1) is 30.3 Å². The van der Waals surface area contributed by atoms with E-state index in [4.69, 9.17) is 9.72 Å².